The fourth-order valence-electron chi connectivity index (χ4n) is 3.22. The molecule has 0 saturated carbocycles. The SMILES string of the molecule is CC.CN(Cc1cccc(=O)[nH]1)C(=O)c1ccc(CCNCC(O)c2ccc(Cl)cc2)cc1. The van der Waals surface area contributed by atoms with E-state index in [4.69, 9.17) is 11.6 Å². The highest BCUT2D eigenvalue weighted by Crippen LogP contribution is 2.16. The monoisotopic (exact) mass is 469 g/mol. The molecule has 1 amide bonds. The summed E-state index contributed by atoms with van der Waals surface area (Å²) in [5.41, 5.74) is 3.02. The number of carbonyl (C=O) groups is 1. The number of rotatable bonds is 9. The fraction of sp³-hybridized carbons (Fsp3) is 0.308. The first kappa shape index (κ1) is 26.3. The summed E-state index contributed by atoms with van der Waals surface area (Å²) in [5, 5.41) is 14.1. The fourth-order valence-corrected chi connectivity index (χ4v) is 3.35. The van der Waals surface area contributed by atoms with Crippen molar-refractivity contribution in [1.82, 2.24) is 15.2 Å². The molecule has 6 nitrogen and oxygen atoms in total. The van der Waals surface area contributed by atoms with Gasteiger partial charge < -0.3 is 20.3 Å². The Hall–Kier alpha value is -2.93. The number of aromatic nitrogens is 1. The summed E-state index contributed by atoms with van der Waals surface area (Å²) in [4.78, 5) is 28.3. The van der Waals surface area contributed by atoms with E-state index in [1.54, 1.807) is 36.2 Å². The van der Waals surface area contributed by atoms with Gasteiger partial charge in [-0.3, -0.25) is 9.59 Å². The van der Waals surface area contributed by atoms with E-state index in [-0.39, 0.29) is 11.5 Å². The maximum absolute atomic E-state index is 12.6. The van der Waals surface area contributed by atoms with E-state index < -0.39 is 6.10 Å². The molecule has 2 aromatic carbocycles. The Bertz CT molecular complexity index is 1050. The lowest BCUT2D eigenvalue weighted by Crippen LogP contribution is -2.27. The quantitative estimate of drug-likeness (QED) is 0.410. The van der Waals surface area contributed by atoms with E-state index in [0.717, 1.165) is 17.5 Å². The Kier molecular flexibility index (Phi) is 10.8. The van der Waals surface area contributed by atoms with Gasteiger partial charge >= 0.3 is 0 Å². The average molecular weight is 470 g/mol. The van der Waals surface area contributed by atoms with Gasteiger partial charge in [0, 0.05) is 35.9 Å². The van der Waals surface area contributed by atoms with E-state index in [0.29, 0.717) is 35.9 Å². The van der Waals surface area contributed by atoms with Crippen LogP contribution in [-0.2, 0) is 13.0 Å². The van der Waals surface area contributed by atoms with Crippen LogP contribution in [-0.4, -0.2) is 41.0 Å². The van der Waals surface area contributed by atoms with Crippen molar-refractivity contribution in [3.05, 3.63) is 104 Å². The van der Waals surface area contributed by atoms with E-state index in [2.05, 4.69) is 10.3 Å². The number of hydrogen-bond acceptors (Lipinski definition) is 4. The molecule has 1 heterocycles. The largest absolute Gasteiger partial charge is 0.387 e. The number of aromatic amines is 1. The van der Waals surface area contributed by atoms with E-state index in [1.807, 2.05) is 50.2 Å². The zero-order valence-electron chi connectivity index (χ0n) is 19.3. The molecule has 1 atom stereocenters. The van der Waals surface area contributed by atoms with Crippen LogP contribution in [0.2, 0.25) is 5.02 Å². The van der Waals surface area contributed by atoms with Gasteiger partial charge in [-0.15, -0.1) is 0 Å². The Morgan fingerprint density at radius 2 is 1.73 bits per heavy atom. The summed E-state index contributed by atoms with van der Waals surface area (Å²) >= 11 is 5.87. The third kappa shape index (κ3) is 8.50. The molecule has 176 valence electrons. The van der Waals surface area contributed by atoms with Crippen molar-refractivity contribution in [2.75, 3.05) is 20.1 Å². The Balaban J connectivity index is 0.00000187. The summed E-state index contributed by atoms with van der Waals surface area (Å²) in [6.07, 6.45) is 0.190. The molecule has 7 heteroatoms. The predicted molar refractivity (Wildman–Crippen MR) is 134 cm³/mol. The minimum atomic E-state index is -0.590. The van der Waals surface area contributed by atoms with Crippen LogP contribution in [0.1, 0.15) is 47.1 Å². The van der Waals surface area contributed by atoms with Gasteiger partial charge in [0.15, 0.2) is 0 Å². The lowest BCUT2D eigenvalue weighted by Gasteiger charge is -2.17. The minimum absolute atomic E-state index is 0.111. The third-order valence-corrected chi connectivity index (χ3v) is 5.22. The standard InChI is InChI=1S/C24H26ClN3O3.C2H6/c1-28(16-21-3-2-4-23(30)27-21)24(31)19-7-5-17(6-8-19)13-14-26-15-22(29)18-9-11-20(25)12-10-18;1-2/h2-12,22,26,29H,13-16H2,1H3,(H,27,30);1-2H3. The molecular formula is C26H32ClN3O3. The van der Waals surface area contributed by atoms with Gasteiger partial charge in [-0.2, -0.15) is 0 Å². The summed E-state index contributed by atoms with van der Waals surface area (Å²) in [6.45, 7) is 5.49. The lowest BCUT2D eigenvalue weighted by molar-refractivity contribution is 0.0783. The summed E-state index contributed by atoms with van der Waals surface area (Å²) in [5.74, 6) is -0.111. The van der Waals surface area contributed by atoms with E-state index >= 15 is 0 Å². The van der Waals surface area contributed by atoms with Crippen LogP contribution in [0.3, 0.4) is 0 Å². The zero-order chi connectivity index (χ0) is 24.2. The van der Waals surface area contributed by atoms with Crippen molar-refractivity contribution in [3.8, 4) is 0 Å². The Morgan fingerprint density at radius 3 is 2.36 bits per heavy atom. The molecule has 0 aliphatic heterocycles. The molecule has 1 unspecified atom stereocenters. The van der Waals surface area contributed by atoms with Crippen molar-refractivity contribution in [2.45, 2.75) is 32.9 Å². The number of nitrogens with zero attached hydrogens (tertiary/aromatic N) is 1. The number of aliphatic hydroxyl groups is 1. The topological polar surface area (TPSA) is 85.4 Å². The highest BCUT2D eigenvalue weighted by molar-refractivity contribution is 6.30. The summed E-state index contributed by atoms with van der Waals surface area (Å²) in [6, 6.07) is 19.5. The second-order valence-electron chi connectivity index (χ2n) is 7.42. The summed E-state index contributed by atoms with van der Waals surface area (Å²) in [7, 11) is 1.71. The number of H-pyrrole nitrogens is 1. The van der Waals surface area contributed by atoms with Crippen LogP contribution >= 0.6 is 11.6 Å². The first-order valence-electron chi connectivity index (χ1n) is 11.1. The predicted octanol–water partition coefficient (Wildman–Crippen LogP) is 4.19. The molecule has 0 bridgehead atoms. The molecule has 0 fully saturated rings. The number of carbonyl (C=O) groups excluding carboxylic acids is 1. The molecule has 3 N–H and O–H groups in total. The van der Waals surface area contributed by atoms with Gasteiger partial charge in [-0.1, -0.05) is 55.8 Å². The average Bonchev–Trinajstić information content (AvgIpc) is 2.83. The molecular weight excluding hydrogens is 438 g/mol. The number of hydrogen-bond donors (Lipinski definition) is 3. The van der Waals surface area contributed by atoms with Crippen LogP contribution in [0.15, 0.2) is 71.5 Å². The molecule has 0 aliphatic carbocycles. The first-order valence-corrected chi connectivity index (χ1v) is 11.5. The molecule has 3 aromatic rings. The highest BCUT2D eigenvalue weighted by atomic mass is 35.5. The zero-order valence-corrected chi connectivity index (χ0v) is 20.1. The maximum Gasteiger partial charge on any atom is 0.253 e. The number of benzene rings is 2. The van der Waals surface area contributed by atoms with Gasteiger partial charge in [0.1, 0.15) is 0 Å². The van der Waals surface area contributed by atoms with Crippen molar-refractivity contribution >= 4 is 17.5 Å². The number of pyridine rings is 1. The second-order valence-corrected chi connectivity index (χ2v) is 7.86. The first-order chi connectivity index (χ1) is 15.9. The molecule has 1 aromatic heterocycles. The Morgan fingerprint density at radius 1 is 1.06 bits per heavy atom. The van der Waals surface area contributed by atoms with Crippen molar-refractivity contribution in [2.24, 2.45) is 0 Å². The van der Waals surface area contributed by atoms with Crippen molar-refractivity contribution in [1.29, 1.82) is 0 Å². The molecule has 0 aliphatic rings. The van der Waals surface area contributed by atoms with Crippen LogP contribution in [0.4, 0.5) is 0 Å². The normalized spacial score (nSPS) is 11.3. The van der Waals surface area contributed by atoms with Crippen LogP contribution in [0, 0.1) is 0 Å². The molecule has 0 saturated heterocycles. The molecule has 3 rings (SSSR count). The van der Waals surface area contributed by atoms with Gasteiger partial charge in [-0.05, 0) is 54.4 Å². The van der Waals surface area contributed by atoms with Crippen molar-refractivity contribution in [3.63, 3.8) is 0 Å². The highest BCUT2D eigenvalue weighted by Gasteiger charge is 2.12. The van der Waals surface area contributed by atoms with Gasteiger partial charge in [0.2, 0.25) is 5.56 Å². The van der Waals surface area contributed by atoms with Gasteiger partial charge in [0.05, 0.1) is 12.6 Å². The van der Waals surface area contributed by atoms with Crippen molar-refractivity contribution < 1.29 is 9.90 Å². The summed E-state index contributed by atoms with van der Waals surface area (Å²) < 4.78 is 0. The number of nitrogens with one attached hydrogen (secondary N) is 2. The van der Waals surface area contributed by atoms with E-state index in [1.165, 1.54) is 6.07 Å². The van der Waals surface area contributed by atoms with Crippen LogP contribution < -0.4 is 10.9 Å². The molecule has 0 spiro atoms. The Labute approximate surface area is 200 Å². The molecule has 0 radical (unpaired) electrons. The van der Waals surface area contributed by atoms with Crippen LogP contribution in [0.5, 0.6) is 0 Å². The lowest BCUT2D eigenvalue weighted by atomic mass is 10.1. The minimum Gasteiger partial charge on any atom is -0.387 e. The number of amides is 1. The van der Waals surface area contributed by atoms with Crippen LogP contribution in [0.25, 0.3) is 0 Å². The smallest absolute Gasteiger partial charge is 0.253 e. The maximum atomic E-state index is 12.6. The number of halogens is 1. The van der Waals surface area contributed by atoms with Gasteiger partial charge in [0.25, 0.3) is 5.91 Å². The van der Waals surface area contributed by atoms with E-state index in [9.17, 15) is 14.7 Å². The third-order valence-electron chi connectivity index (χ3n) is 4.97. The number of aliphatic hydroxyl groups excluding tert-OH is 1. The second kappa shape index (κ2) is 13.6. The van der Waals surface area contributed by atoms with Gasteiger partial charge in [-0.25, -0.2) is 0 Å². The molecule has 33 heavy (non-hydrogen) atoms.